The van der Waals surface area contributed by atoms with Crippen molar-refractivity contribution >= 4 is 21.7 Å². The molecular formula is C21H29N5O4S. The van der Waals surface area contributed by atoms with Crippen LogP contribution in [0.2, 0.25) is 0 Å². The van der Waals surface area contributed by atoms with E-state index in [9.17, 15) is 8.42 Å². The number of sulfonamides is 1. The highest BCUT2D eigenvalue weighted by molar-refractivity contribution is 7.89. The van der Waals surface area contributed by atoms with Gasteiger partial charge >= 0.3 is 0 Å². The van der Waals surface area contributed by atoms with Gasteiger partial charge in [-0.15, -0.1) is 10.2 Å². The van der Waals surface area contributed by atoms with E-state index >= 15 is 0 Å². The fraction of sp³-hybridized carbons (Fsp3) is 0.524. The van der Waals surface area contributed by atoms with Crippen LogP contribution in [-0.2, 0) is 14.8 Å². The first-order valence-electron chi connectivity index (χ1n) is 10.5. The molecule has 4 rings (SSSR count). The van der Waals surface area contributed by atoms with Crippen molar-refractivity contribution in [2.24, 2.45) is 0 Å². The highest BCUT2D eigenvalue weighted by Gasteiger charge is 2.30. The molecule has 2 saturated heterocycles. The number of anilines is 2. The third kappa shape index (κ3) is 4.46. The number of morpholine rings is 1. The van der Waals surface area contributed by atoms with Crippen LogP contribution >= 0.6 is 0 Å². The van der Waals surface area contributed by atoms with Crippen LogP contribution < -0.4 is 14.5 Å². The van der Waals surface area contributed by atoms with Gasteiger partial charge in [0, 0.05) is 39.3 Å². The molecule has 0 saturated carbocycles. The zero-order chi connectivity index (χ0) is 22.0. The lowest BCUT2D eigenvalue weighted by Gasteiger charge is -2.35. The molecule has 0 atom stereocenters. The van der Waals surface area contributed by atoms with E-state index in [-0.39, 0.29) is 0 Å². The lowest BCUT2D eigenvalue weighted by Crippen LogP contribution is -2.49. The van der Waals surface area contributed by atoms with E-state index < -0.39 is 10.0 Å². The molecule has 0 aliphatic carbocycles. The molecule has 0 spiro atoms. The molecule has 1 aromatic heterocycles. The normalized spacial score (nSPS) is 18.3. The summed E-state index contributed by atoms with van der Waals surface area (Å²) in [6, 6.07) is 7.41. The Labute approximate surface area is 183 Å². The summed E-state index contributed by atoms with van der Waals surface area (Å²) < 4.78 is 38.7. The van der Waals surface area contributed by atoms with Crippen molar-refractivity contribution in [1.29, 1.82) is 0 Å². The number of aromatic nitrogens is 2. The summed E-state index contributed by atoms with van der Waals surface area (Å²) in [5, 5.41) is 8.74. The summed E-state index contributed by atoms with van der Waals surface area (Å²) in [4.78, 5) is 4.58. The van der Waals surface area contributed by atoms with Gasteiger partial charge in [0.25, 0.3) is 0 Å². The summed E-state index contributed by atoms with van der Waals surface area (Å²) in [7, 11) is -1.98. The third-order valence-corrected chi connectivity index (χ3v) is 7.88. The molecule has 9 nitrogen and oxygen atoms in total. The van der Waals surface area contributed by atoms with Gasteiger partial charge < -0.3 is 19.3 Å². The first-order chi connectivity index (χ1) is 14.9. The molecule has 2 aliphatic heterocycles. The summed E-state index contributed by atoms with van der Waals surface area (Å²) in [6.07, 6.45) is 0. The largest absolute Gasteiger partial charge is 0.496 e. The van der Waals surface area contributed by atoms with Crippen LogP contribution in [0.3, 0.4) is 0 Å². The number of aryl methyl sites for hydroxylation is 2. The van der Waals surface area contributed by atoms with E-state index in [1.807, 2.05) is 19.1 Å². The lowest BCUT2D eigenvalue weighted by molar-refractivity contribution is 0.122. The topological polar surface area (TPSA) is 88.1 Å². The van der Waals surface area contributed by atoms with Crippen molar-refractivity contribution in [3.05, 3.63) is 35.4 Å². The van der Waals surface area contributed by atoms with Crippen LogP contribution in [0.5, 0.6) is 5.75 Å². The number of rotatable bonds is 5. The van der Waals surface area contributed by atoms with Crippen molar-refractivity contribution in [3.8, 4) is 5.75 Å². The van der Waals surface area contributed by atoms with E-state index in [4.69, 9.17) is 9.47 Å². The van der Waals surface area contributed by atoms with Crippen LogP contribution in [0.4, 0.5) is 11.6 Å². The Balaban J connectivity index is 1.43. The molecule has 3 heterocycles. The van der Waals surface area contributed by atoms with Gasteiger partial charge in [-0.2, -0.15) is 4.31 Å². The van der Waals surface area contributed by atoms with Crippen molar-refractivity contribution in [2.45, 2.75) is 18.7 Å². The zero-order valence-corrected chi connectivity index (χ0v) is 19.1. The summed E-state index contributed by atoms with van der Waals surface area (Å²) in [6.45, 7) is 8.63. The Morgan fingerprint density at radius 1 is 0.871 bits per heavy atom. The van der Waals surface area contributed by atoms with Gasteiger partial charge in [-0.3, -0.25) is 0 Å². The van der Waals surface area contributed by atoms with Crippen molar-refractivity contribution in [1.82, 2.24) is 14.5 Å². The summed E-state index contributed by atoms with van der Waals surface area (Å²) >= 11 is 0. The van der Waals surface area contributed by atoms with Crippen LogP contribution in [-0.4, -0.2) is 82.5 Å². The quantitative estimate of drug-likeness (QED) is 0.681. The van der Waals surface area contributed by atoms with E-state index in [0.29, 0.717) is 55.6 Å². The number of ether oxygens (including phenoxy) is 2. The van der Waals surface area contributed by atoms with E-state index in [0.717, 1.165) is 30.3 Å². The van der Waals surface area contributed by atoms with Gasteiger partial charge in [0.2, 0.25) is 10.0 Å². The number of hydrogen-bond donors (Lipinski definition) is 0. The van der Waals surface area contributed by atoms with Crippen molar-refractivity contribution < 1.29 is 17.9 Å². The fourth-order valence-electron chi connectivity index (χ4n) is 4.01. The number of benzene rings is 1. The standard InChI is InChI=1S/C21H29N5O4S/c1-16-15-19(17(2)14-18(16)29-3)31(27,28)26-8-6-24(7-9-26)20-4-5-21(23-22-20)25-10-12-30-13-11-25/h4-5,14-15H,6-13H2,1-3H3. The van der Waals surface area contributed by atoms with Gasteiger partial charge in [0.15, 0.2) is 11.6 Å². The Bertz CT molecular complexity index is 1010. The zero-order valence-electron chi connectivity index (χ0n) is 18.2. The highest BCUT2D eigenvalue weighted by Crippen LogP contribution is 2.28. The number of hydrogen-bond acceptors (Lipinski definition) is 8. The number of methoxy groups -OCH3 is 1. The second kappa shape index (κ2) is 8.97. The smallest absolute Gasteiger partial charge is 0.243 e. The van der Waals surface area contributed by atoms with Crippen LogP contribution in [0.1, 0.15) is 11.1 Å². The van der Waals surface area contributed by atoms with Gasteiger partial charge in [-0.25, -0.2) is 8.42 Å². The van der Waals surface area contributed by atoms with Gasteiger partial charge in [-0.1, -0.05) is 0 Å². The summed E-state index contributed by atoms with van der Waals surface area (Å²) in [5.74, 6) is 2.31. The molecule has 1 aromatic carbocycles. The Morgan fingerprint density at radius 3 is 2.00 bits per heavy atom. The van der Waals surface area contributed by atoms with Gasteiger partial charge in [-0.05, 0) is 49.2 Å². The average molecular weight is 448 g/mol. The Morgan fingerprint density at radius 2 is 1.45 bits per heavy atom. The van der Waals surface area contributed by atoms with E-state index in [1.165, 1.54) is 0 Å². The molecule has 2 aliphatic rings. The maximum absolute atomic E-state index is 13.2. The molecule has 10 heteroatoms. The highest BCUT2D eigenvalue weighted by atomic mass is 32.2. The third-order valence-electron chi connectivity index (χ3n) is 5.84. The molecular weight excluding hydrogens is 418 g/mol. The van der Waals surface area contributed by atoms with Gasteiger partial charge in [0.1, 0.15) is 5.75 Å². The van der Waals surface area contributed by atoms with Crippen LogP contribution in [0.25, 0.3) is 0 Å². The SMILES string of the molecule is COc1cc(C)c(S(=O)(=O)N2CCN(c3ccc(N4CCOCC4)nn3)CC2)cc1C. The Kier molecular flexibility index (Phi) is 6.31. The first-order valence-corrected chi connectivity index (χ1v) is 11.9. The second-order valence-electron chi connectivity index (χ2n) is 7.83. The molecule has 2 fully saturated rings. The summed E-state index contributed by atoms with van der Waals surface area (Å²) in [5.41, 5.74) is 1.50. The van der Waals surface area contributed by atoms with Crippen molar-refractivity contribution in [2.75, 3.05) is 69.4 Å². The van der Waals surface area contributed by atoms with Crippen LogP contribution in [0.15, 0.2) is 29.2 Å². The molecule has 2 aromatic rings. The molecule has 31 heavy (non-hydrogen) atoms. The number of nitrogens with zero attached hydrogens (tertiary/aromatic N) is 5. The lowest BCUT2D eigenvalue weighted by atomic mass is 10.1. The first kappa shape index (κ1) is 21.8. The van der Waals surface area contributed by atoms with E-state index in [2.05, 4.69) is 20.0 Å². The molecule has 0 amide bonds. The maximum Gasteiger partial charge on any atom is 0.243 e. The Hall–Kier alpha value is -2.43. The van der Waals surface area contributed by atoms with E-state index in [1.54, 1.807) is 30.5 Å². The van der Waals surface area contributed by atoms with Crippen molar-refractivity contribution in [3.63, 3.8) is 0 Å². The monoisotopic (exact) mass is 447 g/mol. The second-order valence-corrected chi connectivity index (χ2v) is 9.73. The maximum atomic E-state index is 13.2. The molecule has 0 N–H and O–H groups in total. The fourth-order valence-corrected chi connectivity index (χ4v) is 5.72. The molecule has 0 bridgehead atoms. The molecule has 168 valence electrons. The van der Waals surface area contributed by atoms with Gasteiger partial charge in [0.05, 0.1) is 25.2 Å². The molecule has 0 radical (unpaired) electrons. The minimum Gasteiger partial charge on any atom is -0.496 e. The minimum absolute atomic E-state index is 0.342. The van der Waals surface area contributed by atoms with Crippen LogP contribution in [0, 0.1) is 13.8 Å². The predicted octanol–water partition coefficient (Wildman–Crippen LogP) is 1.45. The minimum atomic E-state index is -3.57. The molecule has 0 unspecified atom stereocenters. The number of piperazine rings is 1. The predicted molar refractivity (Wildman–Crippen MR) is 119 cm³/mol. The average Bonchev–Trinajstić information content (AvgIpc) is 2.81.